The van der Waals surface area contributed by atoms with Gasteiger partial charge in [-0.15, -0.1) is 11.3 Å². The van der Waals surface area contributed by atoms with Crippen LogP contribution in [0.3, 0.4) is 0 Å². The molecule has 2 aliphatic heterocycles. The normalized spacial score (nSPS) is 23.1. The van der Waals surface area contributed by atoms with Gasteiger partial charge < -0.3 is 15.1 Å². The van der Waals surface area contributed by atoms with Gasteiger partial charge in [0, 0.05) is 39.3 Å². The van der Waals surface area contributed by atoms with E-state index < -0.39 is 0 Å². The second-order valence-corrected chi connectivity index (χ2v) is 10.7. The van der Waals surface area contributed by atoms with Gasteiger partial charge in [0.05, 0.1) is 21.8 Å². The van der Waals surface area contributed by atoms with Crippen LogP contribution < -0.4 is 5.32 Å². The number of hydrogen-bond acceptors (Lipinski definition) is 5. The van der Waals surface area contributed by atoms with Gasteiger partial charge in [0.25, 0.3) is 5.91 Å². The third kappa shape index (κ3) is 6.26. The molecule has 160 valence electrons. The fraction of sp³-hybridized carbons (Fsp3) is 0.650. The quantitative estimate of drug-likeness (QED) is 0.692. The average Bonchev–Trinajstić information content (AvgIpc) is 3.12. The van der Waals surface area contributed by atoms with Crippen LogP contribution in [0.4, 0.5) is 0 Å². The van der Waals surface area contributed by atoms with Gasteiger partial charge in [-0.25, -0.2) is 0 Å². The predicted octanol–water partition coefficient (Wildman–Crippen LogP) is 1.89. The Bertz CT molecular complexity index is 738. The van der Waals surface area contributed by atoms with Gasteiger partial charge in [-0.3, -0.25) is 19.3 Å². The number of piperidine rings is 1. The van der Waals surface area contributed by atoms with Crippen LogP contribution in [-0.4, -0.2) is 84.8 Å². The standard InChI is InChI=1S/C20H29BrN4O3S/c1-14-9-15(2)12-25(11-14)19(27)13-23-5-7-24(8-6-23)18(26)10-22-20(28)16-3-4-17(21)29-16/h3-4,14-15H,5-13H2,1-2H3,(H,22,28). The van der Waals surface area contributed by atoms with Crippen molar-refractivity contribution < 1.29 is 14.4 Å². The molecule has 2 fully saturated rings. The van der Waals surface area contributed by atoms with Crippen molar-refractivity contribution in [2.75, 3.05) is 52.4 Å². The zero-order valence-corrected chi connectivity index (χ0v) is 19.4. The highest BCUT2D eigenvalue weighted by atomic mass is 79.9. The van der Waals surface area contributed by atoms with Gasteiger partial charge in [-0.05, 0) is 46.3 Å². The van der Waals surface area contributed by atoms with E-state index in [4.69, 9.17) is 0 Å². The highest BCUT2D eigenvalue weighted by Gasteiger charge is 2.28. The summed E-state index contributed by atoms with van der Waals surface area (Å²) in [6.45, 7) is 9.06. The lowest BCUT2D eigenvalue weighted by molar-refractivity contribution is -0.136. The summed E-state index contributed by atoms with van der Waals surface area (Å²) >= 11 is 4.67. The average molecular weight is 485 g/mol. The van der Waals surface area contributed by atoms with Crippen molar-refractivity contribution in [2.24, 2.45) is 11.8 Å². The Morgan fingerprint density at radius 1 is 1.03 bits per heavy atom. The summed E-state index contributed by atoms with van der Waals surface area (Å²) < 4.78 is 0.883. The first-order chi connectivity index (χ1) is 13.8. The summed E-state index contributed by atoms with van der Waals surface area (Å²) in [5.74, 6) is 0.991. The topological polar surface area (TPSA) is 73.0 Å². The second-order valence-electron chi connectivity index (χ2n) is 8.19. The fourth-order valence-electron chi connectivity index (χ4n) is 4.10. The van der Waals surface area contributed by atoms with Gasteiger partial charge >= 0.3 is 0 Å². The van der Waals surface area contributed by atoms with Gasteiger partial charge in [0.1, 0.15) is 0 Å². The smallest absolute Gasteiger partial charge is 0.261 e. The monoisotopic (exact) mass is 484 g/mol. The summed E-state index contributed by atoms with van der Waals surface area (Å²) in [6, 6.07) is 3.54. The number of nitrogens with zero attached hydrogens (tertiary/aromatic N) is 3. The molecule has 3 rings (SSSR count). The van der Waals surface area contributed by atoms with Crippen LogP contribution in [0.1, 0.15) is 29.9 Å². The third-order valence-corrected chi connectivity index (χ3v) is 7.13. The number of rotatable bonds is 5. The third-order valence-electron chi connectivity index (χ3n) is 5.50. The minimum Gasteiger partial charge on any atom is -0.342 e. The number of hydrogen-bond donors (Lipinski definition) is 1. The van der Waals surface area contributed by atoms with E-state index in [-0.39, 0.29) is 24.3 Å². The summed E-state index contributed by atoms with van der Waals surface area (Å²) in [4.78, 5) is 43.6. The van der Waals surface area contributed by atoms with Crippen LogP contribution in [0, 0.1) is 11.8 Å². The molecule has 3 amide bonds. The minimum absolute atomic E-state index is 0.00314. The summed E-state index contributed by atoms with van der Waals surface area (Å²) in [7, 11) is 0. The Morgan fingerprint density at radius 2 is 1.69 bits per heavy atom. The highest BCUT2D eigenvalue weighted by molar-refractivity contribution is 9.11. The molecule has 9 heteroatoms. The number of carbonyl (C=O) groups excluding carboxylic acids is 3. The van der Waals surface area contributed by atoms with Crippen LogP contribution >= 0.6 is 27.3 Å². The van der Waals surface area contributed by atoms with Crippen LogP contribution in [-0.2, 0) is 9.59 Å². The van der Waals surface area contributed by atoms with Crippen molar-refractivity contribution in [3.63, 3.8) is 0 Å². The van der Waals surface area contributed by atoms with Gasteiger partial charge in [-0.2, -0.15) is 0 Å². The van der Waals surface area contributed by atoms with Crippen LogP contribution in [0.25, 0.3) is 0 Å². The number of piperazine rings is 1. The van der Waals surface area contributed by atoms with Crippen molar-refractivity contribution >= 4 is 45.0 Å². The molecule has 2 aliphatic rings. The number of likely N-dealkylation sites (tertiary alicyclic amines) is 1. The van der Waals surface area contributed by atoms with E-state index in [1.807, 2.05) is 11.0 Å². The largest absolute Gasteiger partial charge is 0.342 e. The lowest BCUT2D eigenvalue weighted by atomic mass is 9.92. The zero-order valence-electron chi connectivity index (χ0n) is 17.0. The molecule has 0 radical (unpaired) electrons. The molecule has 2 saturated heterocycles. The SMILES string of the molecule is CC1CC(C)CN(C(=O)CN2CCN(C(=O)CNC(=O)c3ccc(Br)s3)CC2)C1. The molecule has 0 spiro atoms. The minimum atomic E-state index is -0.233. The number of nitrogens with one attached hydrogen (secondary N) is 1. The van der Waals surface area contributed by atoms with Crippen molar-refractivity contribution in [1.82, 2.24) is 20.0 Å². The molecule has 1 aromatic heterocycles. The zero-order chi connectivity index (χ0) is 21.0. The van der Waals surface area contributed by atoms with E-state index in [0.29, 0.717) is 49.4 Å². The second kappa shape index (κ2) is 10.0. The Balaban J connectivity index is 1.39. The Morgan fingerprint density at radius 3 is 2.28 bits per heavy atom. The molecule has 1 aromatic rings. The van der Waals surface area contributed by atoms with Crippen molar-refractivity contribution in [3.05, 3.63) is 20.8 Å². The van der Waals surface area contributed by atoms with E-state index in [0.717, 1.165) is 16.9 Å². The van der Waals surface area contributed by atoms with E-state index in [1.54, 1.807) is 11.0 Å². The molecule has 2 unspecified atom stereocenters. The first kappa shape index (κ1) is 22.2. The summed E-state index contributed by atoms with van der Waals surface area (Å²) in [6.07, 6.45) is 1.19. The van der Waals surface area contributed by atoms with Crippen molar-refractivity contribution in [3.8, 4) is 0 Å². The Kier molecular flexibility index (Phi) is 7.70. The molecule has 0 aliphatic carbocycles. The van der Waals surface area contributed by atoms with Gasteiger partial charge in [0.2, 0.25) is 11.8 Å². The summed E-state index contributed by atoms with van der Waals surface area (Å²) in [5.41, 5.74) is 0. The van der Waals surface area contributed by atoms with Crippen LogP contribution in [0.15, 0.2) is 15.9 Å². The van der Waals surface area contributed by atoms with Crippen LogP contribution in [0.2, 0.25) is 0 Å². The maximum Gasteiger partial charge on any atom is 0.261 e. The Hall–Kier alpha value is -1.45. The first-order valence-corrected chi connectivity index (χ1v) is 11.7. The number of halogens is 1. The fourth-order valence-corrected chi connectivity index (χ4v) is 5.41. The summed E-state index contributed by atoms with van der Waals surface area (Å²) in [5, 5.41) is 2.69. The maximum atomic E-state index is 12.6. The molecule has 7 nitrogen and oxygen atoms in total. The van der Waals surface area contributed by atoms with E-state index in [1.165, 1.54) is 17.8 Å². The van der Waals surface area contributed by atoms with Gasteiger partial charge in [0.15, 0.2) is 0 Å². The van der Waals surface area contributed by atoms with Crippen molar-refractivity contribution in [2.45, 2.75) is 20.3 Å². The molecule has 3 heterocycles. The molecule has 29 heavy (non-hydrogen) atoms. The molecule has 2 atom stereocenters. The van der Waals surface area contributed by atoms with Crippen molar-refractivity contribution in [1.29, 1.82) is 0 Å². The molecule has 0 saturated carbocycles. The first-order valence-electron chi connectivity index (χ1n) is 10.1. The molecule has 0 aromatic carbocycles. The Labute approximate surface area is 184 Å². The number of carbonyl (C=O) groups is 3. The lowest BCUT2D eigenvalue weighted by Crippen LogP contribution is -2.54. The molecule has 0 bridgehead atoms. The predicted molar refractivity (Wildman–Crippen MR) is 117 cm³/mol. The molecular weight excluding hydrogens is 456 g/mol. The molecular formula is C20H29BrN4O3S. The number of thiophene rings is 1. The lowest BCUT2D eigenvalue weighted by Gasteiger charge is -2.38. The maximum absolute atomic E-state index is 12.6. The highest BCUT2D eigenvalue weighted by Crippen LogP contribution is 2.22. The number of amides is 3. The molecule has 1 N–H and O–H groups in total. The van der Waals surface area contributed by atoms with E-state index in [9.17, 15) is 14.4 Å². The van der Waals surface area contributed by atoms with E-state index >= 15 is 0 Å². The van der Waals surface area contributed by atoms with Gasteiger partial charge in [-0.1, -0.05) is 13.8 Å². The van der Waals surface area contributed by atoms with E-state index in [2.05, 4.69) is 40.0 Å². The van der Waals surface area contributed by atoms with Crippen LogP contribution in [0.5, 0.6) is 0 Å².